The second-order valence-electron chi connectivity index (χ2n) is 5.34. The summed E-state index contributed by atoms with van der Waals surface area (Å²) in [5, 5.41) is 0. The van der Waals surface area contributed by atoms with Gasteiger partial charge >= 0.3 is 0 Å². The van der Waals surface area contributed by atoms with Gasteiger partial charge in [-0.15, -0.1) is 11.6 Å². The number of imidazole rings is 1. The highest BCUT2D eigenvalue weighted by atomic mass is 35.5. The molecule has 0 radical (unpaired) electrons. The highest BCUT2D eigenvalue weighted by molar-refractivity contribution is 8.00. The quantitative estimate of drug-likeness (QED) is 0.779. The Bertz CT molecular complexity index is 616. The summed E-state index contributed by atoms with van der Waals surface area (Å²) in [6.45, 7) is 0.999. The van der Waals surface area contributed by atoms with E-state index in [0.717, 1.165) is 29.2 Å². The molecular weight excluding hydrogens is 292 g/mol. The smallest absolute Gasteiger partial charge is 0.124 e. The summed E-state index contributed by atoms with van der Waals surface area (Å²) in [6.07, 6.45) is 6.11. The molecule has 1 aliphatic rings. The second kappa shape index (κ2) is 5.49. The number of aromatic nitrogens is 2. The zero-order valence-electron chi connectivity index (χ0n) is 11.9. The SMILES string of the molecule is COc1ccc2c(c1)nc(CCl)n2CC1(SC)CCC1. The summed E-state index contributed by atoms with van der Waals surface area (Å²) in [4.78, 5) is 4.66. The fourth-order valence-electron chi connectivity index (χ4n) is 2.85. The molecule has 0 bridgehead atoms. The van der Waals surface area contributed by atoms with Crippen molar-refractivity contribution in [3.05, 3.63) is 24.0 Å². The molecule has 2 aromatic rings. The van der Waals surface area contributed by atoms with Crippen LogP contribution in [0.3, 0.4) is 0 Å². The van der Waals surface area contributed by atoms with Gasteiger partial charge in [0.2, 0.25) is 0 Å². The minimum atomic E-state index is 0.369. The molecule has 108 valence electrons. The summed E-state index contributed by atoms with van der Waals surface area (Å²) in [5.74, 6) is 2.24. The summed E-state index contributed by atoms with van der Waals surface area (Å²) < 4.78 is 7.93. The Morgan fingerprint density at radius 2 is 2.25 bits per heavy atom. The molecule has 1 aromatic heterocycles. The molecule has 1 aromatic carbocycles. The van der Waals surface area contributed by atoms with E-state index in [4.69, 9.17) is 16.3 Å². The highest BCUT2D eigenvalue weighted by Gasteiger charge is 2.37. The van der Waals surface area contributed by atoms with Gasteiger partial charge in [-0.05, 0) is 31.2 Å². The van der Waals surface area contributed by atoms with Crippen LogP contribution in [0.4, 0.5) is 0 Å². The number of hydrogen-bond acceptors (Lipinski definition) is 3. The van der Waals surface area contributed by atoms with Gasteiger partial charge < -0.3 is 9.30 Å². The summed E-state index contributed by atoms with van der Waals surface area (Å²) in [7, 11) is 1.68. The summed E-state index contributed by atoms with van der Waals surface area (Å²) in [6, 6.07) is 6.06. The number of benzene rings is 1. The Morgan fingerprint density at radius 3 is 2.80 bits per heavy atom. The van der Waals surface area contributed by atoms with Crippen LogP contribution >= 0.6 is 23.4 Å². The summed E-state index contributed by atoms with van der Waals surface area (Å²) in [5.41, 5.74) is 2.12. The van der Waals surface area contributed by atoms with E-state index in [1.54, 1.807) is 7.11 Å². The number of rotatable bonds is 5. The normalized spacial score (nSPS) is 17.1. The van der Waals surface area contributed by atoms with E-state index in [1.165, 1.54) is 19.3 Å². The summed E-state index contributed by atoms with van der Waals surface area (Å²) >= 11 is 8.07. The van der Waals surface area contributed by atoms with Crippen molar-refractivity contribution in [3.8, 4) is 5.75 Å². The van der Waals surface area contributed by atoms with Crippen molar-refractivity contribution < 1.29 is 4.74 Å². The van der Waals surface area contributed by atoms with Gasteiger partial charge in [0.05, 0.1) is 24.0 Å². The van der Waals surface area contributed by atoms with E-state index < -0.39 is 0 Å². The van der Waals surface area contributed by atoms with Crippen LogP contribution in [0.1, 0.15) is 25.1 Å². The number of methoxy groups -OCH3 is 1. The lowest BCUT2D eigenvalue weighted by Gasteiger charge is -2.41. The number of fused-ring (bicyclic) bond motifs is 1. The minimum absolute atomic E-state index is 0.369. The lowest BCUT2D eigenvalue weighted by atomic mass is 9.84. The first kappa shape index (κ1) is 14.1. The van der Waals surface area contributed by atoms with Gasteiger partial charge in [0, 0.05) is 17.4 Å². The molecule has 1 aliphatic carbocycles. The molecule has 5 heteroatoms. The van der Waals surface area contributed by atoms with E-state index in [2.05, 4.69) is 21.9 Å². The second-order valence-corrected chi connectivity index (χ2v) is 6.88. The Labute approximate surface area is 128 Å². The number of halogens is 1. The Kier molecular flexibility index (Phi) is 3.87. The van der Waals surface area contributed by atoms with Gasteiger partial charge in [0.25, 0.3) is 0 Å². The molecule has 0 N–H and O–H groups in total. The maximum atomic E-state index is 6.09. The first-order valence-corrected chi connectivity index (χ1v) is 8.61. The molecule has 0 aliphatic heterocycles. The predicted molar refractivity (Wildman–Crippen MR) is 85.9 cm³/mol. The number of thioether (sulfide) groups is 1. The first-order valence-electron chi connectivity index (χ1n) is 6.85. The number of nitrogens with zero attached hydrogens (tertiary/aromatic N) is 2. The molecule has 1 heterocycles. The largest absolute Gasteiger partial charge is 0.497 e. The van der Waals surface area contributed by atoms with Gasteiger partial charge in [-0.3, -0.25) is 0 Å². The molecule has 0 atom stereocenters. The van der Waals surface area contributed by atoms with Crippen molar-refractivity contribution in [2.75, 3.05) is 13.4 Å². The molecular formula is C15H19ClN2OS. The van der Waals surface area contributed by atoms with E-state index in [-0.39, 0.29) is 0 Å². The zero-order chi connectivity index (χ0) is 14.2. The first-order chi connectivity index (χ1) is 9.71. The Hall–Kier alpha value is -0.870. The van der Waals surface area contributed by atoms with E-state index in [1.807, 2.05) is 23.9 Å². The molecule has 0 amide bonds. The number of alkyl halides is 1. The number of ether oxygens (including phenoxy) is 1. The molecule has 3 nitrogen and oxygen atoms in total. The van der Waals surface area contributed by atoms with Gasteiger partial charge in [-0.1, -0.05) is 6.42 Å². The minimum Gasteiger partial charge on any atom is -0.497 e. The van der Waals surface area contributed by atoms with Gasteiger partial charge in [-0.2, -0.15) is 11.8 Å². The van der Waals surface area contributed by atoms with Gasteiger partial charge in [0.1, 0.15) is 11.6 Å². The van der Waals surface area contributed by atoms with Crippen LogP contribution in [0.2, 0.25) is 0 Å². The van der Waals surface area contributed by atoms with Crippen molar-refractivity contribution in [1.82, 2.24) is 9.55 Å². The molecule has 1 fully saturated rings. The van der Waals surface area contributed by atoms with Crippen LogP contribution in [-0.4, -0.2) is 27.7 Å². The molecule has 0 spiro atoms. The van der Waals surface area contributed by atoms with Crippen molar-refractivity contribution >= 4 is 34.4 Å². The standard InChI is InChI=1S/C15H19ClN2OS/c1-19-11-4-5-13-12(8-11)17-14(9-16)18(13)10-15(20-2)6-3-7-15/h4-5,8H,3,6-7,9-10H2,1-2H3. The van der Waals surface area contributed by atoms with Gasteiger partial charge in [-0.25, -0.2) is 4.98 Å². The zero-order valence-corrected chi connectivity index (χ0v) is 13.4. The topological polar surface area (TPSA) is 27.1 Å². The average Bonchev–Trinajstić information content (AvgIpc) is 2.79. The van der Waals surface area contributed by atoms with Crippen LogP contribution < -0.4 is 4.74 Å². The fraction of sp³-hybridized carbons (Fsp3) is 0.533. The van der Waals surface area contributed by atoms with E-state index in [0.29, 0.717) is 10.6 Å². The third-order valence-corrected chi connectivity index (χ3v) is 5.94. The lowest BCUT2D eigenvalue weighted by molar-refractivity contribution is 0.322. The predicted octanol–water partition coefficient (Wildman–Crippen LogP) is 4.07. The van der Waals surface area contributed by atoms with E-state index in [9.17, 15) is 0 Å². The molecule has 1 saturated carbocycles. The highest BCUT2D eigenvalue weighted by Crippen LogP contribution is 2.44. The van der Waals surface area contributed by atoms with Gasteiger partial charge in [0.15, 0.2) is 0 Å². The molecule has 0 unspecified atom stereocenters. The number of hydrogen-bond donors (Lipinski definition) is 0. The molecule has 0 saturated heterocycles. The lowest BCUT2D eigenvalue weighted by Crippen LogP contribution is -2.38. The van der Waals surface area contributed by atoms with Crippen molar-refractivity contribution in [1.29, 1.82) is 0 Å². The van der Waals surface area contributed by atoms with Crippen LogP contribution in [-0.2, 0) is 12.4 Å². The molecule has 20 heavy (non-hydrogen) atoms. The third-order valence-electron chi connectivity index (χ3n) is 4.30. The van der Waals surface area contributed by atoms with Crippen molar-refractivity contribution in [2.24, 2.45) is 0 Å². The third kappa shape index (κ3) is 2.29. The Balaban J connectivity index is 2.04. The maximum absolute atomic E-state index is 6.09. The van der Waals surface area contributed by atoms with Crippen molar-refractivity contribution in [2.45, 2.75) is 36.4 Å². The van der Waals surface area contributed by atoms with Crippen LogP contribution in [0.15, 0.2) is 18.2 Å². The monoisotopic (exact) mass is 310 g/mol. The van der Waals surface area contributed by atoms with Crippen LogP contribution in [0, 0.1) is 0 Å². The maximum Gasteiger partial charge on any atom is 0.124 e. The molecule has 3 rings (SSSR count). The van der Waals surface area contributed by atoms with Crippen LogP contribution in [0.5, 0.6) is 5.75 Å². The van der Waals surface area contributed by atoms with E-state index >= 15 is 0 Å². The Morgan fingerprint density at radius 1 is 1.45 bits per heavy atom. The average molecular weight is 311 g/mol. The fourth-order valence-corrected chi connectivity index (χ4v) is 4.01. The van der Waals surface area contributed by atoms with Crippen molar-refractivity contribution in [3.63, 3.8) is 0 Å². The van der Waals surface area contributed by atoms with Crippen LogP contribution in [0.25, 0.3) is 11.0 Å².